The number of nitrogens with zero attached hydrogens (tertiary/aromatic N) is 3. The van der Waals surface area contributed by atoms with Crippen LogP contribution in [0.15, 0.2) is 42.6 Å². The van der Waals surface area contributed by atoms with E-state index >= 15 is 0 Å². The van der Waals surface area contributed by atoms with Crippen LogP contribution in [0.1, 0.15) is 23.0 Å². The number of pyridine rings is 1. The Balaban J connectivity index is 1.59. The maximum atomic E-state index is 12.7. The van der Waals surface area contributed by atoms with Crippen molar-refractivity contribution >= 4 is 11.6 Å². The molecule has 1 aliphatic heterocycles. The van der Waals surface area contributed by atoms with Gasteiger partial charge in [-0.25, -0.2) is 0 Å². The van der Waals surface area contributed by atoms with Crippen molar-refractivity contribution in [2.75, 3.05) is 45.2 Å². The SMILES string of the molecule is CCN1CCN(C(=O)c2cc(NCc3ccc(OC)cc3)ccn2)CC1. The van der Waals surface area contributed by atoms with Gasteiger partial charge in [-0.1, -0.05) is 19.1 Å². The number of aromatic nitrogens is 1. The van der Waals surface area contributed by atoms with Crippen LogP contribution < -0.4 is 10.1 Å². The van der Waals surface area contributed by atoms with Gasteiger partial charge in [0.2, 0.25) is 0 Å². The highest BCUT2D eigenvalue weighted by molar-refractivity contribution is 5.93. The van der Waals surface area contributed by atoms with E-state index in [-0.39, 0.29) is 5.91 Å². The van der Waals surface area contributed by atoms with E-state index in [0.29, 0.717) is 12.2 Å². The zero-order valence-electron chi connectivity index (χ0n) is 15.4. The zero-order chi connectivity index (χ0) is 18.4. The monoisotopic (exact) mass is 354 g/mol. The minimum Gasteiger partial charge on any atom is -0.497 e. The molecule has 1 aromatic carbocycles. The fourth-order valence-electron chi connectivity index (χ4n) is 3.03. The first-order chi connectivity index (χ1) is 12.7. The van der Waals surface area contributed by atoms with Crippen LogP contribution in [0.2, 0.25) is 0 Å². The van der Waals surface area contributed by atoms with Gasteiger partial charge in [0.15, 0.2) is 0 Å². The van der Waals surface area contributed by atoms with E-state index in [1.54, 1.807) is 13.3 Å². The highest BCUT2D eigenvalue weighted by Gasteiger charge is 2.22. The average molecular weight is 354 g/mol. The number of nitrogens with one attached hydrogen (secondary N) is 1. The third kappa shape index (κ3) is 4.52. The maximum Gasteiger partial charge on any atom is 0.272 e. The Bertz CT molecular complexity index is 725. The van der Waals surface area contributed by atoms with Gasteiger partial charge in [-0.3, -0.25) is 9.78 Å². The molecule has 2 aromatic rings. The van der Waals surface area contributed by atoms with E-state index in [2.05, 4.69) is 22.1 Å². The number of carbonyl (C=O) groups excluding carboxylic acids is 1. The molecule has 0 saturated carbocycles. The summed E-state index contributed by atoms with van der Waals surface area (Å²) in [7, 11) is 1.66. The Morgan fingerprint density at radius 1 is 1.15 bits per heavy atom. The summed E-state index contributed by atoms with van der Waals surface area (Å²) in [6.07, 6.45) is 1.69. The van der Waals surface area contributed by atoms with Crippen LogP contribution in [0.25, 0.3) is 0 Å². The standard InChI is InChI=1S/C20H26N4O2/c1-3-23-10-12-24(13-11-23)20(25)19-14-17(8-9-21-19)22-15-16-4-6-18(26-2)7-5-16/h4-9,14H,3,10-13,15H2,1-2H3,(H,21,22). The van der Waals surface area contributed by atoms with E-state index in [1.165, 1.54) is 0 Å². The second-order valence-electron chi connectivity index (χ2n) is 6.36. The largest absolute Gasteiger partial charge is 0.497 e. The number of hydrogen-bond acceptors (Lipinski definition) is 5. The molecule has 6 heteroatoms. The Labute approximate surface area is 154 Å². The molecule has 0 aliphatic carbocycles. The van der Waals surface area contributed by atoms with Crippen LogP contribution in [0, 0.1) is 0 Å². The second-order valence-corrected chi connectivity index (χ2v) is 6.36. The van der Waals surface area contributed by atoms with Crippen LogP contribution >= 0.6 is 0 Å². The number of piperazine rings is 1. The van der Waals surface area contributed by atoms with Crippen molar-refractivity contribution in [1.29, 1.82) is 0 Å². The molecule has 0 bridgehead atoms. The number of anilines is 1. The predicted molar refractivity (Wildman–Crippen MR) is 103 cm³/mol. The lowest BCUT2D eigenvalue weighted by Gasteiger charge is -2.33. The molecule has 0 unspecified atom stereocenters. The fraction of sp³-hybridized carbons (Fsp3) is 0.400. The van der Waals surface area contributed by atoms with Gasteiger partial charge in [-0.05, 0) is 36.4 Å². The number of likely N-dealkylation sites (N-methyl/N-ethyl adjacent to an activating group) is 1. The molecule has 3 rings (SSSR count). The highest BCUT2D eigenvalue weighted by Crippen LogP contribution is 2.15. The van der Waals surface area contributed by atoms with Gasteiger partial charge in [0.1, 0.15) is 11.4 Å². The number of benzene rings is 1. The lowest BCUT2D eigenvalue weighted by molar-refractivity contribution is 0.0637. The van der Waals surface area contributed by atoms with Crippen LogP contribution in [-0.4, -0.2) is 60.5 Å². The van der Waals surface area contributed by atoms with Gasteiger partial charge in [0.05, 0.1) is 7.11 Å². The zero-order valence-corrected chi connectivity index (χ0v) is 15.4. The Kier molecular flexibility index (Phi) is 6.07. The molecule has 1 aromatic heterocycles. The van der Waals surface area contributed by atoms with Crippen molar-refractivity contribution in [2.24, 2.45) is 0 Å². The van der Waals surface area contributed by atoms with E-state index in [1.807, 2.05) is 41.3 Å². The average Bonchev–Trinajstić information content (AvgIpc) is 2.72. The number of hydrogen-bond donors (Lipinski definition) is 1. The third-order valence-electron chi connectivity index (χ3n) is 4.74. The van der Waals surface area contributed by atoms with E-state index in [0.717, 1.165) is 49.7 Å². The summed E-state index contributed by atoms with van der Waals surface area (Å²) >= 11 is 0. The minimum absolute atomic E-state index is 0.00819. The summed E-state index contributed by atoms with van der Waals surface area (Å²) in [5, 5.41) is 3.35. The summed E-state index contributed by atoms with van der Waals surface area (Å²) in [4.78, 5) is 21.2. The van der Waals surface area contributed by atoms with Crippen molar-refractivity contribution in [3.63, 3.8) is 0 Å². The molecule has 0 spiro atoms. The smallest absolute Gasteiger partial charge is 0.272 e. The lowest BCUT2D eigenvalue weighted by atomic mass is 10.2. The minimum atomic E-state index is 0.00819. The molecule has 26 heavy (non-hydrogen) atoms. The summed E-state index contributed by atoms with van der Waals surface area (Å²) in [6.45, 7) is 7.24. The quantitative estimate of drug-likeness (QED) is 0.864. The molecule has 6 nitrogen and oxygen atoms in total. The normalized spacial score (nSPS) is 14.9. The van der Waals surface area contributed by atoms with Crippen LogP contribution in [-0.2, 0) is 6.54 Å². The van der Waals surface area contributed by atoms with Crippen LogP contribution in [0.4, 0.5) is 5.69 Å². The van der Waals surface area contributed by atoms with Crippen molar-refractivity contribution in [3.05, 3.63) is 53.9 Å². The maximum absolute atomic E-state index is 12.7. The fourth-order valence-corrected chi connectivity index (χ4v) is 3.03. The Hall–Kier alpha value is -2.60. The van der Waals surface area contributed by atoms with Gasteiger partial charge in [-0.15, -0.1) is 0 Å². The van der Waals surface area contributed by atoms with Crippen molar-refractivity contribution < 1.29 is 9.53 Å². The molecule has 1 amide bonds. The van der Waals surface area contributed by atoms with Crippen LogP contribution in [0.5, 0.6) is 5.75 Å². The topological polar surface area (TPSA) is 57.7 Å². The molecular weight excluding hydrogens is 328 g/mol. The Morgan fingerprint density at radius 2 is 1.88 bits per heavy atom. The van der Waals surface area contributed by atoms with Crippen LogP contribution in [0.3, 0.4) is 0 Å². The summed E-state index contributed by atoms with van der Waals surface area (Å²) in [5.41, 5.74) is 2.53. The third-order valence-corrected chi connectivity index (χ3v) is 4.74. The molecule has 1 saturated heterocycles. The molecule has 1 aliphatic rings. The molecule has 1 fully saturated rings. The van der Waals surface area contributed by atoms with E-state index < -0.39 is 0 Å². The van der Waals surface area contributed by atoms with Gasteiger partial charge in [0, 0.05) is 44.6 Å². The Morgan fingerprint density at radius 3 is 2.54 bits per heavy atom. The molecular formula is C20H26N4O2. The number of amides is 1. The number of rotatable bonds is 6. The van der Waals surface area contributed by atoms with Crippen molar-refractivity contribution in [3.8, 4) is 5.75 Å². The predicted octanol–water partition coefficient (Wildman–Crippen LogP) is 2.48. The highest BCUT2D eigenvalue weighted by atomic mass is 16.5. The van der Waals surface area contributed by atoms with Gasteiger partial charge in [0.25, 0.3) is 5.91 Å². The number of carbonyl (C=O) groups is 1. The summed E-state index contributed by atoms with van der Waals surface area (Å²) in [6, 6.07) is 11.6. The van der Waals surface area contributed by atoms with E-state index in [4.69, 9.17) is 4.74 Å². The molecule has 0 radical (unpaired) electrons. The molecule has 0 atom stereocenters. The summed E-state index contributed by atoms with van der Waals surface area (Å²) in [5.74, 6) is 0.850. The molecule has 1 N–H and O–H groups in total. The van der Waals surface area contributed by atoms with Crippen molar-refractivity contribution in [2.45, 2.75) is 13.5 Å². The molecule has 138 valence electrons. The van der Waals surface area contributed by atoms with Gasteiger partial charge >= 0.3 is 0 Å². The number of methoxy groups -OCH3 is 1. The number of ether oxygens (including phenoxy) is 1. The first kappa shape index (κ1) is 18.2. The van der Waals surface area contributed by atoms with Crippen molar-refractivity contribution in [1.82, 2.24) is 14.8 Å². The summed E-state index contributed by atoms with van der Waals surface area (Å²) < 4.78 is 5.17. The van der Waals surface area contributed by atoms with Gasteiger partial charge in [-0.2, -0.15) is 0 Å². The second kappa shape index (κ2) is 8.67. The van der Waals surface area contributed by atoms with E-state index in [9.17, 15) is 4.79 Å². The van der Waals surface area contributed by atoms with Gasteiger partial charge < -0.3 is 19.9 Å². The lowest BCUT2D eigenvalue weighted by Crippen LogP contribution is -2.48. The first-order valence-electron chi connectivity index (χ1n) is 9.04. The molecule has 2 heterocycles. The first-order valence-corrected chi connectivity index (χ1v) is 9.04.